The summed E-state index contributed by atoms with van der Waals surface area (Å²) in [6.45, 7) is 4.05. The second-order valence-electron chi connectivity index (χ2n) is 7.40. The Morgan fingerprint density at radius 1 is 1.35 bits per heavy atom. The van der Waals surface area contributed by atoms with E-state index in [2.05, 4.69) is 28.4 Å². The molecule has 2 aliphatic rings. The molecule has 6 nitrogen and oxygen atoms in total. The average molecular weight is 355 g/mol. The smallest absolute Gasteiger partial charge is 0.261 e. The van der Waals surface area contributed by atoms with E-state index in [1.807, 2.05) is 19.1 Å². The topological polar surface area (TPSA) is 77.2 Å². The zero-order valence-corrected chi connectivity index (χ0v) is 15.4. The number of aryl methyl sites for hydroxylation is 3. The summed E-state index contributed by atoms with van der Waals surface area (Å²) in [7, 11) is 0. The molecule has 1 saturated carbocycles. The van der Waals surface area contributed by atoms with Gasteiger partial charge in [0.25, 0.3) is 5.91 Å². The van der Waals surface area contributed by atoms with Crippen molar-refractivity contribution in [2.45, 2.75) is 70.4 Å². The van der Waals surface area contributed by atoms with Crippen LogP contribution in [0.2, 0.25) is 0 Å². The van der Waals surface area contributed by atoms with Crippen LogP contribution in [0.5, 0.6) is 5.75 Å². The molecule has 4 rings (SSSR count). The predicted octanol–water partition coefficient (Wildman–Crippen LogP) is 3.22. The second-order valence-corrected chi connectivity index (χ2v) is 7.40. The Hall–Kier alpha value is -2.37. The van der Waals surface area contributed by atoms with Crippen molar-refractivity contribution in [1.82, 2.24) is 15.5 Å². The van der Waals surface area contributed by atoms with Crippen LogP contribution in [0.25, 0.3) is 0 Å². The molecule has 1 aromatic heterocycles. The molecule has 0 saturated heterocycles. The SMILES string of the molecule is CCc1nc(C2(NC(=O)C3CCc4cc(C)ccc4O3)CCCC2)no1. The molecule has 2 aromatic rings. The van der Waals surface area contributed by atoms with E-state index in [-0.39, 0.29) is 5.91 Å². The second kappa shape index (κ2) is 6.74. The van der Waals surface area contributed by atoms with Crippen molar-refractivity contribution in [3.8, 4) is 5.75 Å². The summed E-state index contributed by atoms with van der Waals surface area (Å²) in [6, 6.07) is 6.11. The third-order valence-electron chi connectivity index (χ3n) is 5.47. The van der Waals surface area contributed by atoms with Gasteiger partial charge in [0, 0.05) is 6.42 Å². The Kier molecular flexibility index (Phi) is 4.42. The van der Waals surface area contributed by atoms with E-state index < -0.39 is 11.6 Å². The van der Waals surface area contributed by atoms with E-state index in [1.165, 1.54) is 11.1 Å². The minimum absolute atomic E-state index is 0.0824. The van der Waals surface area contributed by atoms with E-state index >= 15 is 0 Å². The standard InChI is InChI=1S/C20H25N3O3/c1-3-17-21-19(23-26-17)20(10-4-5-11-20)22-18(24)16-9-7-14-12-13(2)6-8-15(14)25-16/h6,8,12,16H,3-5,7,9-11H2,1-2H3,(H,22,24). The average Bonchev–Trinajstić information content (AvgIpc) is 3.31. The molecule has 6 heteroatoms. The highest BCUT2D eigenvalue weighted by molar-refractivity contribution is 5.82. The molecule has 1 aliphatic carbocycles. The lowest BCUT2D eigenvalue weighted by Gasteiger charge is -2.31. The first-order valence-corrected chi connectivity index (χ1v) is 9.51. The van der Waals surface area contributed by atoms with Gasteiger partial charge in [0.05, 0.1) is 0 Å². The molecule has 0 radical (unpaired) electrons. The molecule has 0 bridgehead atoms. The van der Waals surface area contributed by atoms with Crippen molar-refractivity contribution < 1.29 is 14.1 Å². The Bertz CT molecular complexity index is 808. The molecule has 1 unspecified atom stereocenters. The molecule has 1 atom stereocenters. The molecular weight excluding hydrogens is 330 g/mol. The fraction of sp³-hybridized carbons (Fsp3) is 0.550. The van der Waals surface area contributed by atoms with Crippen LogP contribution in [0, 0.1) is 6.92 Å². The summed E-state index contributed by atoms with van der Waals surface area (Å²) in [5, 5.41) is 7.35. The van der Waals surface area contributed by atoms with Crippen molar-refractivity contribution in [3.63, 3.8) is 0 Å². The summed E-state index contributed by atoms with van der Waals surface area (Å²) in [6.07, 6.45) is 5.52. The number of amides is 1. The lowest BCUT2D eigenvalue weighted by atomic mass is 9.94. The third-order valence-corrected chi connectivity index (χ3v) is 5.47. The van der Waals surface area contributed by atoms with Gasteiger partial charge in [0.1, 0.15) is 11.3 Å². The van der Waals surface area contributed by atoms with Gasteiger partial charge < -0.3 is 14.6 Å². The molecule has 2 heterocycles. The number of hydrogen-bond acceptors (Lipinski definition) is 5. The summed E-state index contributed by atoms with van der Waals surface area (Å²) in [5.41, 5.74) is 1.87. The summed E-state index contributed by atoms with van der Waals surface area (Å²) in [5.74, 6) is 1.95. The van der Waals surface area contributed by atoms with Crippen molar-refractivity contribution in [3.05, 3.63) is 41.0 Å². The van der Waals surface area contributed by atoms with E-state index in [1.54, 1.807) is 0 Å². The normalized spacial score (nSPS) is 21.1. The Balaban J connectivity index is 1.51. The van der Waals surface area contributed by atoms with Gasteiger partial charge in [-0.25, -0.2) is 0 Å². The summed E-state index contributed by atoms with van der Waals surface area (Å²) in [4.78, 5) is 17.5. The number of rotatable bonds is 4. The molecular formula is C20H25N3O3. The molecule has 138 valence electrons. The van der Waals surface area contributed by atoms with Crippen LogP contribution < -0.4 is 10.1 Å². The number of nitrogens with one attached hydrogen (secondary N) is 1. The zero-order chi connectivity index (χ0) is 18.1. The molecule has 1 fully saturated rings. The fourth-order valence-corrected chi connectivity index (χ4v) is 3.99. The summed E-state index contributed by atoms with van der Waals surface area (Å²) < 4.78 is 11.3. The minimum atomic E-state index is -0.523. The minimum Gasteiger partial charge on any atom is -0.480 e. The van der Waals surface area contributed by atoms with Crippen molar-refractivity contribution in [1.29, 1.82) is 0 Å². The highest BCUT2D eigenvalue weighted by atomic mass is 16.5. The number of nitrogens with zero attached hydrogens (tertiary/aromatic N) is 2. The van der Waals surface area contributed by atoms with E-state index in [0.717, 1.165) is 37.9 Å². The Labute approximate surface area is 153 Å². The van der Waals surface area contributed by atoms with Gasteiger partial charge >= 0.3 is 0 Å². The van der Waals surface area contributed by atoms with Gasteiger partial charge in [-0.05, 0) is 44.2 Å². The molecule has 1 aromatic carbocycles. The zero-order valence-electron chi connectivity index (χ0n) is 15.4. The van der Waals surface area contributed by atoms with Gasteiger partial charge in [0.2, 0.25) is 5.89 Å². The molecule has 1 aliphatic heterocycles. The maximum absolute atomic E-state index is 13.0. The van der Waals surface area contributed by atoms with Crippen molar-refractivity contribution >= 4 is 5.91 Å². The van der Waals surface area contributed by atoms with E-state index in [0.29, 0.717) is 24.6 Å². The largest absolute Gasteiger partial charge is 0.480 e. The van der Waals surface area contributed by atoms with Crippen LogP contribution in [-0.4, -0.2) is 22.2 Å². The number of aromatic nitrogens is 2. The number of benzene rings is 1. The van der Waals surface area contributed by atoms with Crippen LogP contribution in [-0.2, 0) is 23.2 Å². The van der Waals surface area contributed by atoms with Crippen LogP contribution in [0.1, 0.15) is 61.9 Å². The van der Waals surface area contributed by atoms with E-state index in [4.69, 9.17) is 9.26 Å². The third kappa shape index (κ3) is 3.08. The molecule has 1 amide bonds. The number of carbonyl (C=O) groups is 1. The van der Waals surface area contributed by atoms with Crippen LogP contribution in [0.3, 0.4) is 0 Å². The summed E-state index contributed by atoms with van der Waals surface area (Å²) >= 11 is 0. The quantitative estimate of drug-likeness (QED) is 0.911. The van der Waals surface area contributed by atoms with Crippen LogP contribution >= 0.6 is 0 Å². The molecule has 1 N–H and O–H groups in total. The lowest BCUT2D eigenvalue weighted by Crippen LogP contribution is -2.50. The first-order chi connectivity index (χ1) is 12.6. The Morgan fingerprint density at radius 3 is 2.88 bits per heavy atom. The first kappa shape index (κ1) is 17.1. The highest BCUT2D eigenvalue weighted by Crippen LogP contribution is 2.38. The fourth-order valence-electron chi connectivity index (χ4n) is 3.99. The van der Waals surface area contributed by atoms with Gasteiger partial charge in [-0.1, -0.05) is 42.6 Å². The van der Waals surface area contributed by atoms with Crippen LogP contribution in [0.4, 0.5) is 0 Å². The van der Waals surface area contributed by atoms with Crippen molar-refractivity contribution in [2.24, 2.45) is 0 Å². The van der Waals surface area contributed by atoms with Crippen LogP contribution in [0.15, 0.2) is 22.7 Å². The predicted molar refractivity (Wildman–Crippen MR) is 95.9 cm³/mol. The maximum atomic E-state index is 13.0. The number of fused-ring (bicyclic) bond motifs is 1. The highest BCUT2D eigenvalue weighted by Gasteiger charge is 2.43. The number of ether oxygens (including phenoxy) is 1. The maximum Gasteiger partial charge on any atom is 0.261 e. The van der Waals surface area contributed by atoms with Crippen molar-refractivity contribution in [2.75, 3.05) is 0 Å². The Morgan fingerprint density at radius 2 is 2.15 bits per heavy atom. The number of carbonyl (C=O) groups excluding carboxylic acids is 1. The first-order valence-electron chi connectivity index (χ1n) is 9.51. The number of hydrogen-bond donors (Lipinski definition) is 1. The van der Waals surface area contributed by atoms with E-state index in [9.17, 15) is 4.79 Å². The van der Waals surface area contributed by atoms with Gasteiger partial charge in [-0.15, -0.1) is 0 Å². The lowest BCUT2D eigenvalue weighted by molar-refractivity contribution is -0.131. The van der Waals surface area contributed by atoms with Gasteiger partial charge in [-0.3, -0.25) is 4.79 Å². The monoisotopic (exact) mass is 355 g/mol. The van der Waals surface area contributed by atoms with Gasteiger partial charge in [0.15, 0.2) is 11.9 Å². The van der Waals surface area contributed by atoms with Gasteiger partial charge in [-0.2, -0.15) is 4.98 Å². The molecule has 26 heavy (non-hydrogen) atoms. The molecule has 0 spiro atoms.